The summed E-state index contributed by atoms with van der Waals surface area (Å²) in [5.41, 5.74) is 1.30. The maximum Gasteiger partial charge on any atom is 0.414 e. The van der Waals surface area contributed by atoms with Crippen LogP contribution in [0.4, 0.5) is 10.5 Å². The molecule has 1 aliphatic rings. The van der Waals surface area contributed by atoms with E-state index in [1.54, 1.807) is 24.3 Å². The molecule has 2 rings (SSSR count). The largest absolute Gasteiger partial charge is 0.441 e. The smallest absolute Gasteiger partial charge is 0.414 e. The van der Waals surface area contributed by atoms with Crippen LogP contribution in [0.15, 0.2) is 24.3 Å². The van der Waals surface area contributed by atoms with Gasteiger partial charge in [0.15, 0.2) is 5.78 Å². The summed E-state index contributed by atoms with van der Waals surface area (Å²) in [6.45, 7) is 2.38. The van der Waals surface area contributed by atoms with Gasteiger partial charge in [0, 0.05) is 11.3 Å². The fraction of sp³-hybridized carbons (Fsp3) is 0.333. The number of hydrogen-bond donors (Lipinski definition) is 0. The number of rotatable bonds is 5. The third kappa shape index (κ3) is 3.16. The molecule has 5 nitrogen and oxygen atoms in total. The first-order valence-corrected chi connectivity index (χ1v) is 6.22. The van der Waals surface area contributed by atoms with E-state index < -0.39 is 6.09 Å². The van der Waals surface area contributed by atoms with Crippen molar-refractivity contribution in [2.45, 2.75) is 13.0 Å². The van der Waals surface area contributed by atoms with E-state index in [4.69, 9.17) is 15.9 Å². The second kappa shape index (κ2) is 6.22. The third-order valence-electron chi connectivity index (χ3n) is 2.95. The number of amides is 1. The first-order chi connectivity index (χ1) is 9.61. The Labute approximate surface area is 117 Å². The summed E-state index contributed by atoms with van der Waals surface area (Å²) in [5, 5.41) is 0. The molecule has 0 radical (unpaired) electrons. The molecule has 0 bridgehead atoms. The van der Waals surface area contributed by atoms with Crippen LogP contribution in [0, 0.1) is 12.3 Å². The van der Waals surface area contributed by atoms with Gasteiger partial charge >= 0.3 is 6.09 Å². The van der Waals surface area contributed by atoms with E-state index in [0.717, 1.165) is 0 Å². The van der Waals surface area contributed by atoms with Crippen molar-refractivity contribution in [2.75, 3.05) is 24.7 Å². The molecule has 1 saturated heterocycles. The van der Waals surface area contributed by atoms with Gasteiger partial charge in [0.05, 0.1) is 13.2 Å². The van der Waals surface area contributed by atoms with E-state index in [2.05, 4.69) is 5.92 Å². The Bertz CT molecular complexity index is 544. The number of carbonyl (C=O) groups is 2. The predicted octanol–water partition coefficient (Wildman–Crippen LogP) is 1.86. The normalized spacial score (nSPS) is 17.7. The lowest BCUT2D eigenvalue weighted by atomic mass is 10.1. The molecule has 104 valence electrons. The monoisotopic (exact) mass is 273 g/mol. The Morgan fingerprint density at radius 2 is 2.20 bits per heavy atom. The number of terminal acetylenes is 1. The quantitative estimate of drug-likeness (QED) is 0.467. The topological polar surface area (TPSA) is 55.8 Å². The standard InChI is InChI=1S/C15H15NO4/c1-3-8-19-10-14-9-16(15(18)20-14)13-6-4-12(5-7-13)11(2)17/h1,4-7,14H,8-10H2,2H3. The van der Waals surface area contributed by atoms with Gasteiger partial charge in [0.1, 0.15) is 12.7 Å². The van der Waals surface area contributed by atoms with Crippen molar-refractivity contribution < 1.29 is 19.1 Å². The van der Waals surface area contributed by atoms with E-state index in [-0.39, 0.29) is 25.1 Å². The number of carbonyl (C=O) groups excluding carboxylic acids is 2. The molecule has 1 heterocycles. The first-order valence-electron chi connectivity index (χ1n) is 6.22. The van der Waals surface area contributed by atoms with Gasteiger partial charge in [-0.3, -0.25) is 9.69 Å². The van der Waals surface area contributed by atoms with Crippen LogP contribution in [0.3, 0.4) is 0 Å². The second-order valence-electron chi connectivity index (χ2n) is 4.44. The zero-order valence-electron chi connectivity index (χ0n) is 11.2. The number of hydrogen-bond acceptors (Lipinski definition) is 4. The number of anilines is 1. The molecule has 0 aliphatic carbocycles. The van der Waals surface area contributed by atoms with Crippen molar-refractivity contribution in [1.82, 2.24) is 0 Å². The summed E-state index contributed by atoms with van der Waals surface area (Å²) in [6.07, 6.45) is 4.33. The van der Waals surface area contributed by atoms with Crippen molar-refractivity contribution in [3.05, 3.63) is 29.8 Å². The Kier molecular flexibility index (Phi) is 4.38. The molecular formula is C15H15NO4. The summed E-state index contributed by atoms with van der Waals surface area (Å²) in [4.78, 5) is 24.5. The van der Waals surface area contributed by atoms with Gasteiger partial charge in [0.2, 0.25) is 0 Å². The number of ether oxygens (including phenoxy) is 2. The highest BCUT2D eigenvalue weighted by molar-refractivity contribution is 5.95. The molecule has 1 amide bonds. The zero-order valence-corrected chi connectivity index (χ0v) is 11.2. The highest BCUT2D eigenvalue weighted by Gasteiger charge is 2.32. The highest BCUT2D eigenvalue weighted by atomic mass is 16.6. The van der Waals surface area contributed by atoms with Crippen molar-refractivity contribution >= 4 is 17.6 Å². The van der Waals surface area contributed by atoms with Crippen LogP contribution in [0.5, 0.6) is 0 Å². The summed E-state index contributed by atoms with van der Waals surface area (Å²) in [5.74, 6) is 2.34. The lowest BCUT2D eigenvalue weighted by Gasteiger charge is -2.13. The molecule has 0 spiro atoms. The molecule has 0 N–H and O–H groups in total. The second-order valence-corrected chi connectivity index (χ2v) is 4.44. The molecule has 1 unspecified atom stereocenters. The van der Waals surface area contributed by atoms with Crippen LogP contribution in [-0.2, 0) is 9.47 Å². The fourth-order valence-electron chi connectivity index (χ4n) is 1.94. The highest BCUT2D eigenvalue weighted by Crippen LogP contribution is 2.22. The van der Waals surface area contributed by atoms with Crippen molar-refractivity contribution in [1.29, 1.82) is 0 Å². The predicted molar refractivity (Wildman–Crippen MR) is 73.7 cm³/mol. The number of Topliss-reactive ketones (excluding diaryl/α,β-unsaturated/α-hetero) is 1. The van der Waals surface area contributed by atoms with E-state index >= 15 is 0 Å². The molecule has 1 atom stereocenters. The summed E-state index contributed by atoms with van der Waals surface area (Å²) in [7, 11) is 0. The molecule has 1 fully saturated rings. The van der Waals surface area contributed by atoms with Gasteiger partial charge in [-0.2, -0.15) is 0 Å². The fourth-order valence-corrected chi connectivity index (χ4v) is 1.94. The maximum atomic E-state index is 11.8. The van der Waals surface area contributed by atoms with E-state index in [9.17, 15) is 9.59 Å². The number of ketones is 1. The first kappa shape index (κ1) is 14.1. The lowest BCUT2D eigenvalue weighted by Crippen LogP contribution is -2.25. The Balaban J connectivity index is 2.00. The zero-order chi connectivity index (χ0) is 14.5. The molecule has 5 heteroatoms. The minimum atomic E-state index is -0.421. The van der Waals surface area contributed by atoms with Crippen molar-refractivity contribution in [3.63, 3.8) is 0 Å². The van der Waals surface area contributed by atoms with Gasteiger partial charge in [-0.1, -0.05) is 5.92 Å². The molecule has 0 saturated carbocycles. The number of cyclic esters (lactones) is 1. The van der Waals surface area contributed by atoms with E-state index in [1.807, 2.05) is 0 Å². The number of nitrogens with zero attached hydrogens (tertiary/aromatic N) is 1. The minimum absolute atomic E-state index is 0.0129. The number of benzene rings is 1. The van der Waals surface area contributed by atoms with Crippen LogP contribution >= 0.6 is 0 Å². The molecular weight excluding hydrogens is 258 g/mol. The van der Waals surface area contributed by atoms with Crippen LogP contribution in [-0.4, -0.2) is 37.7 Å². The van der Waals surface area contributed by atoms with Crippen LogP contribution in [0.2, 0.25) is 0 Å². The van der Waals surface area contributed by atoms with Gasteiger partial charge in [-0.15, -0.1) is 6.42 Å². The molecule has 0 aromatic heterocycles. The van der Waals surface area contributed by atoms with Gasteiger partial charge in [-0.25, -0.2) is 4.79 Å². The minimum Gasteiger partial charge on any atom is -0.441 e. The van der Waals surface area contributed by atoms with Crippen LogP contribution in [0.25, 0.3) is 0 Å². The van der Waals surface area contributed by atoms with E-state index in [1.165, 1.54) is 11.8 Å². The molecule has 20 heavy (non-hydrogen) atoms. The van der Waals surface area contributed by atoms with Crippen LogP contribution in [0.1, 0.15) is 17.3 Å². The third-order valence-corrected chi connectivity index (χ3v) is 2.95. The van der Waals surface area contributed by atoms with E-state index in [0.29, 0.717) is 17.8 Å². The van der Waals surface area contributed by atoms with Crippen molar-refractivity contribution in [2.24, 2.45) is 0 Å². The Morgan fingerprint density at radius 3 is 2.80 bits per heavy atom. The molecule has 1 aliphatic heterocycles. The Morgan fingerprint density at radius 1 is 1.50 bits per heavy atom. The van der Waals surface area contributed by atoms with Gasteiger partial charge < -0.3 is 9.47 Å². The van der Waals surface area contributed by atoms with Gasteiger partial charge in [0.25, 0.3) is 0 Å². The van der Waals surface area contributed by atoms with Crippen molar-refractivity contribution in [3.8, 4) is 12.3 Å². The maximum absolute atomic E-state index is 11.8. The van der Waals surface area contributed by atoms with Gasteiger partial charge in [-0.05, 0) is 31.2 Å². The Hall–Kier alpha value is -2.32. The average Bonchev–Trinajstić information content (AvgIpc) is 2.80. The molecule has 1 aromatic rings. The summed E-state index contributed by atoms with van der Waals surface area (Å²) in [6, 6.07) is 6.82. The summed E-state index contributed by atoms with van der Waals surface area (Å²) < 4.78 is 10.3. The SMILES string of the molecule is C#CCOCC1CN(c2ccc(C(C)=O)cc2)C(=O)O1. The molecule has 1 aromatic carbocycles. The van der Waals surface area contributed by atoms with Crippen LogP contribution < -0.4 is 4.90 Å². The average molecular weight is 273 g/mol. The lowest BCUT2D eigenvalue weighted by molar-refractivity contribution is 0.0598. The summed E-state index contributed by atoms with van der Waals surface area (Å²) >= 11 is 0.